The van der Waals surface area contributed by atoms with Gasteiger partial charge in [0.1, 0.15) is 5.78 Å². The third-order valence-corrected chi connectivity index (χ3v) is 18.8. The highest BCUT2D eigenvalue weighted by Gasteiger charge is 2.27. The molecule has 0 aliphatic carbocycles. The Bertz CT molecular complexity index is 2010. The first kappa shape index (κ1) is 70.9. The Morgan fingerprint density at radius 3 is 1.26 bits per heavy atom. The second-order valence-electron chi connectivity index (χ2n) is 20.9. The van der Waals surface area contributed by atoms with E-state index in [0.29, 0.717) is 61.8 Å². The summed E-state index contributed by atoms with van der Waals surface area (Å²) in [5, 5.41) is 0. The van der Waals surface area contributed by atoms with Crippen LogP contribution in [0.3, 0.4) is 0 Å². The zero-order chi connectivity index (χ0) is 52.1. The van der Waals surface area contributed by atoms with E-state index in [1.54, 1.807) is 23.9 Å². The number of hydrogen-bond donors (Lipinski definition) is 0. The van der Waals surface area contributed by atoms with Gasteiger partial charge in [0.15, 0.2) is 0 Å². The van der Waals surface area contributed by atoms with Gasteiger partial charge >= 0.3 is 0 Å². The molecule has 17 heteroatoms. The smallest absolute Gasteiger partial charge is 0.214 e. The van der Waals surface area contributed by atoms with Crippen LogP contribution < -0.4 is 0 Å². The average molecular weight is 1060 g/mol. The summed E-state index contributed by atoms with van der Waals surface area (Å²) in [6, 6.07) is 9.67. The predicted molar refractivity (Wildman–Crippen MR) is 300 cm³/mol. The second-order valence-corrected chi connectivity index (χ2v) is 32.8. The molecule has 12 nitrogen and oxygen atoms in total. The van der Waals surface area contributed by atoms with E-state index in [1.165, 1.54) is 15.0 Å². The summed E-state index contributed by atoms with van der Waals surface area (Å²) >= 11 is 0. The van der Waals surface area contributed by atoms with E-state index in [0.717, 1.165) is 93.9 Å². The van der Waals surface area contributed by atoms with Crippen molar-refractivity contribution in [2.45, 2.75) is 167 Å². The molecule has 2 saturated heterocycles. The zero-order valence-electron chi connectivity index (χ0n) is 44.5. The van der Waals surface area contributed by atoms with Crippen LogP contribution in [-0.2, 0) is 60.5 Å². The fourth-order valence-electron chi connectivity index (χ4n) is 6.67. The number of ketones is 1. The Morgan fingerprint density at radius 2 is 0.897 bits per heavy atom. The molecule has 2 fully saturated rings. The SMILES string of the molecule is C.C=S(C)(=O)CCC(C)C.C=S(C)(=O)CCCC(C)C.CC(C)CCCS(=O)(=O)N(C)Cc1ccccc1.CC(C)CCCS(=O)(=O)N1CCCC(=O)C1.CC(C)CCCS(=O)(=O)N1CCCC1. The van der Waals surface area contributed by atoms with Crippen molar-refractivity contribution in [2.24, 2.45) is 29.6 Å². The number of nitrogens with zero attached hydrogens (tertiary/aromatic N) is 3. The van der Waals surface area contributed by atoms with E-state index >= 15 is 0 Å². The summed E-state index contributed by atoms with van der Waals surface area (Å²) in [5.74, 6) is 12.6. The minimum absolute atomic E-state index is 0. The van der Waals surface area contributed by atoms with Crippen LogP contribution in [0.4, 0.5) is 0 Å². The molecule has 0 saturated carbocycles. The molecule has 0 bridgehead atoms. The first-order chi connectivity index (χ1) is 30.7. The lowest BCUT2D eigenvalue weighted by Gasteiger charge is -2.25. The van der Waals surface area contributed by atoms with Crippen LogP contribution in [0.15, 0.2) is 30.3 Å². The van der Waals surface area contributed by atoms with Gasteiger partial charge in [-0.25, -0.2) is 33.9 Å². The quantitative estimate of drug-likeness (QED) is 0.0917. The Kier molecular flexibility index (Phi) is 38.1. The van der Waals surface area contributed by atoms with Gasteiger partial charge in [-0.1, -0.05) is 113 Å². The topological polar surface area (TPSA) is 163 Å². The van der Waals surface area contributed by atoms with E-state index in [-0.39, 0.29) is 31.3 Å². The minimum Gasteiger partial charge on any atom is -0.298 e. The van der Waals surface area contributed by atoms with Gasteiger partial charge in [-0.2, -0.15) is 4.31 Å². The first-order valence-electron chi connectivity index (χ1n) is 24.7. The summed E-state index contributed by atoms with van der Waals surface area (Å²) in [7, 11) is -11.0. The van der Waals surface area contributed by atoms with Gasteiger partial charge in [0.2, 0.25) is 30.1 Å². The van der Waals surface area contributed by atoms with Gasteiger partial charge in [-0.3, -0.25) is 13.2 Å². The van der Waals surface area contributed by atoms with Crippen LogP contribution in [0.5, 0.6) is 0 Å². The zero-order valence-corrected chi connectivity index (χ0v) is 48.6. The molecule has 0 amide bonds. The van der Waals surface area contributed by atoms with Crippen LogP contribution in [0.2, 0.25) is 0 Å². The molecule has 2 unspecified atom stereocenters. The van der Waals surface area contributed by atoms with Crippen LogP contribution in [0.25, 0.3) is 0 Å². The van der Waals surface area contributed by atoms with Crippen molar-refractivity contribution in [2.75, 3.05) is 74.5 Å². The molecule has 2 aliphatic rings. The molecule has 2 atom stereocenters. The largest absolute Gasteiger partial charge is 0.298 e. The number of sulfonamides is 3. The Balaban J connectivity index is -0.000000792. The second kappa shape index (κ2) is 36.6. The lowest BCUT2D eigenvalue weighted by Crippen LogP contribution is -2.41. The monoisotopic (exact) mass is 1060 g/mol. The van der Waals surface area contributed by atoms with Crippen molar-refractivity contribution in [1.29, 1.82) is 0 Å². The Labute approximate surface area is 422 Å². The summed E-state index contributed by atoms with van der Waals surface area (Å²) in [6.45, 7) is 23.8. The van der Waals surface area contributed by atoms with Crippen molar-refractivity contribution in [3.05, 3.63) is 35.9 Å². The third-order valence-electron chi connectivity index (χ3n) is 10.8. The van der Waals surface area contributed by atoms with Crippen molar-refractivity contribution in [1.82, 2.24) is 12.9 Å². The van der Waals surface area contributed by atoms with Gasteiger partial charge in [0.05, 0.1) is 23.8 Å². The summed E-state index contributed by atoms with van der Waals surface area (Å²) in [5.41, 5.74) is 1.02. The maximum Gasteiger partial charge on any atom is 0.214 e. The number of benzene rings is 1. The maximum atomic E-state index is 12.0. The molecule has 2 aliphatic heterocycles. The Hall–Kier alpha value is -1.34. The van der Waals surface area contributed by atoms with Crippen molar-refractivity contribution in [3.63, 3.8) is 0 Å². The number of carbonyl (C=O) groups excluding carboxylic acids is 1. The van der Waals surface area contributed by atoms with Gasteiger partial charge in [-0.05, 0) is 137 Å². The molecular formula is C51H103N3O9S5. The van der Waals surface area contributed by atoms with E-state index in [1.807, 2.05) is 30.3 Å². The average Bonchev–Trinajstić information content (AvgIpc) is 3.74. The predicted octanol–water partition coefficient (Wildman–Crippen LogP) is 9.93. The highest BCUT2D eigenvalue weighted by molar-refractivity contribution is 7.99. The minimum atomic E-state index is -3.20. The van der Waals surface area contributed by atoms with E-state index in [2.05, 4.69) is 81.0 Å². The van der Waals surface area contributed by atoms with Crippen molar-refractivity contribution >= 4 is 66.6 Å². The van der Waals surface area contributed by atoms with E-state index in [4.69, 9.17) is 0 Å². The van der Waals surface area contributed by atoms with Crippen LogP contribution in [0.1, 0.15) is 166 Å². The molecule has 3 rings (SSSR count). The number of hydrogen-bond acceptors (Lipinski definition) is 9. The highest BCUT2D eigenvalue weighted by atomic mass is 32.2. The molecule has 0 aromatic heterocycles. The molecule has 1 aromatic rings. The van der Waals surface area contributed by atoms with Gasteiger partial charge in [-0.15, -0.1) is 0 Å². The molecule has 1 aromatic carbocycles. The van der Waals surface area contributed by atoms with E-state index in [9.17, 15) is 38.5 Å². The first-order valence-corrected chi connectivity index (χ1v) is 34.2. The lowest BCUT2D eigenvalue weighted by molar-refractivity contribution is -0.120. The van der Waals surface area contributed by atoms with Gasteiger partial charge < -0.3 is 0 Å². The van der Waals surface area contributed by atoms with E-state index < -0.39 is 49.1 Å². The summed E-state index contributed by atoms with van der Waals surface area (Å²) in [6.07, 6.45) is 15.1. The molecule has 68 heavy (non-hydrogen) atoms. The van der Waals surface area contributed by atoms with Gasteiger partial charge in [0, 0.05) is 63.7 Å². The number of carbonyl (C=O) groups is 1. The van der Waals surface area contributed by atoms with Crippen molar-refractivity contribution in [3.8, 4) is 0 Å². The Morgan fingerprint density at radius 1 is 0.529 bits per heavy atom. The lowest BCUT2D eigenvalue weighted by atomic mass is 10.1. The normalized spacial score (nSPS) is 16.7. The fraction of sp³-hybridized carbons (Fsp3) is 0.824. The van der Waals surface area contributed by atoms with Crippen LogP contribution in [0, 0.1) is 29.6 Å². The molecule has 0 radical (unpaired) electrons. The molecular weight excluding hydrogens is 959 g/mol. The van der Waals surface area contributed by atoms with Crippen LogP contribution in [-0.4, -0.2) is 139 Å². The maximum absolute atomic E-state index is 12.0. The molecule has 406 valence electrons. The highest BCUT2D eigenvalue weighted by Crippen LogP contribution is 2.17. The summed E-state index contributed by atoms with van der Waals surface area (Å²) < 4.78 is 97.8. The van der Waals surface area contributed by atoms with Crippen LogP contribution >= 0.6 is 0 Å². The number of Topliss-reactive ketones (excluding diaryl/α,β-unsaturated/α-hetero) is 1. The third kappa shape index (κ3) is 41.3. The summed E-state index contributed by atoms with van der Waals surface area (Å²) in [4.78, 5) is 11.2. The molecule has 0 N–H and O–H groups in total. The molecule has 0 spiro atoms. The molecule has 2 heterocycles. The fourth-order valence-corrected chi connectivity index (χ4v) is 12.7. The number of piperidine rings is 1. The van der Waals surface area contributed by atoms with Gasteiger partial charge in [0.25, 0.3) is 0 Å². The standard InChI is InChI=1S/C14H23NO2S.C11H21NO3S.C10H21NO2S.C8H18OS.C7H16OS.CH4/c1-13(2)8-7-11-18(16,17)15(3)12-14-9-5-4-6-10-14;1-10(2)5-4-8-16(14,15)12-7-3-6-11(13)9-12;1-10(2)6-5-9-14(12,13)11-7-3-4-8-11;1-8(2)6-5-7-10(3,4)9;1-7(2)5-6-9(3,4)8;/h4-6,9-10,13H,7-8,11-12H2,1-3H3;10H,3-9H2,1-2H3;10H,3-9H2,1-2H3;8H,3,5-7H2,1-2,4H3;7H,3,5-6H2,1-2,4H3;1H4. The number of rotatable bonds is 24. The van der Waals surface area contributed by atoms with Crippen molar-refractivity contribution < 1.29 is 38.5 Å².